The lowest BCUT2D eigenvalue weighted by Crippen LogP contribution is -2.08. The van der Waals surface area contributed by atoms with Crippen molar-refractivity contribution in [2.45, 2.75) is 20.3 Å². The fourth-order valence-electron chi connectivity index (χ4n) is 2.81. The first-order valence-electron chi connectivity index (χ1n) is 10.4. The summed E-state index contributed by atoms with van der Waals surface area (Å²) in [4.78, 5) is 12.3. The van der Waals surface area contributed by atoms with Gasteiger partial charge in [0.05, 0.1) is 18.8 Å². The molecule has 0 bridgehead atoms. The number of halogens is 4. The van der Waals surface area contributed by atoms with E-state index < -0.39 is 40.6 Å². The van der Waals surface area contributed by atoms with Crippen molar-refractivity contribution in [1.29, 1.82) is 0 Å². The van der Waals surface area contributed by atoms with E-state index in [-0.39, 0.29) is 17.7 Å². The van der Waals surface area contributed by atoms with Crippen molar-refractivity contribution in [2.75, 3.05) is 13.2 Å². The summed E-state index contributed by atoms with van der Waals surface area (Å²) in [5.41, 5.74) is -0.604. The molecule has 0 N–H and O–H groups in total. The number of ether oxygens (including phenoxy) is 3. The van der Waals surface area contributed by atoms with E-state index in [4.69, 9.17) is 14.2 Å². The molecule has 0 aliphatic heterocycles. The summed E-state index contributed by atoms with van der Waals surface area (Å²) in [7, 11) is 0. The minimum Gasteiger partial charge on any atom is -0.494 e. The van der Waals surface area contributed by atoms with Crippen LogP contribution in [0.5, 0.6) is 17.2 Å². The van der Waals surface area contributed by atoms with Crippen LogP contribution in [-0.4, -0.2) is 19.2 Å². The molecule has 3 rings (SSSR count). The number of hydrogen-bond donors (Lipinski definition) is 0. The Morgan fingerprint density at radius 1 is 0.765 bits per heavy atom. The van der Waals surface area contributed by atoms with Gasteiger partial charge in [-0.05, 0) is 61.9 Å². The van der Waals surface area contributed by atoms with Crippen LogP contribution in [0.1, 0.15) is 41.8 Å². The maximum atomic E-state index is 14.2. The second kappa shape index (κ2) is 11.2. The van der Waals surface area contributed by atoms with Crippen molar-refractivity contribution in [3.8, 4) is 29.1 Å². The minimum atomic E-state index is -1.65. The van der Waals surface area contributed by atoms with Crippen LogP contribution >= 0.6 is 0 Å². The first-order valence-corrected chi connectivity index (χ1v) is 10.4. The molecule has 0 heterocycles. The highest BCUT2D eigenvalue weighted by Crippen LogP contribution is 2.30. The average molecular weight is 472 g/mol. The fourth-order valence-corrected chi connectivity index (χ4v) is 2.81. The quantitative estimate of drug-likeness (QED) is 0.138. The van der Waals surface area contributed by atoms with Crippen LogP contribution in [0.4, 0.5) is 17.6 Å². The van der Waals surface area contributed by atoms with Crippen molar-refractivity contribution < 1.29 is 36.6 Å². The molecule has 0 amide bonds. The van der Waals surface area contributed by atoms with Gasteiger partial charge < -0.3 is 14.2 Å². The molecule has 0 radical (unpaired) electrons. The lowest BCUT2D eigenvalue weighted by molar-refractivity contribution is 0.0734. The molecule has 0 aliphatic carbocycles. The minimum absolute atomic E-state index is 0.106. The van der Waals surface area contributed by atoms with Crippen molar-refractivity contribution in [1.82, 2.24) is 0 Å². The maximum absolute atomic E-state index is 14.2. The summed E-state index contributed by atoms with van der Waals surface area (Å²) in [5, 5.41) is 0. The van der Waals surface area contributed by atoms with Crippen LogP contribution in [0.25, 0.3) is 0 Å². The molecule has 0 aromatic heterocycles. The Balaban J connectivity index is 1.75. The topological polar surface area (TPSA) is 44.8 Å². The zero-order valence-corrected chi connectivity index (χ0v) is 18.4. The molecular formula is C26H20F4O4. The Morgan fingerprint density at radius 3 is 1.91 bits per heavy atom. The zero-order valence-electron chi connectivity index (χ0n) is 18.4. The number of esters is 1. The van der Waals surface area contributed by atoms with Gasteiger partial charge in [-0.1, -0.05) is 18.8 Å². The standard InChI is InChI=1S/C26H20F4O4/c1-3-15-33-25-23(29)21(27)20(22(28)24(25)30)14-7-16-5-8-17(9-6-16)26(31)34-19-12-10-18(11-13-19)32-4-2/h5-6,8-13H,3-4,15H2,1-2H3. The SMILES string of the molecule is CCCOc1c(F)c(F)c(C#Cc2ccc(C(=O)Oc3ccc(OCC)cc3)cc2)c(F)c1F. The lowest BCUT2D eigenvalue weighted by atomic mass is 10.1. The predicted octanol–water partition coefficient (Wildman–Crippen LogP) is 6.05. The van der Waals surface area contributed by atoms with Gasteiger partial charge in [0, 0.05) is 5.56 Å². The third kappa shape index (κ3) is 5.67. The smallest absolute Gasteiger partial charge is 0.343 e. The first-order chi connectivity index (χ1) is 16.3. The molecule has 0 unspecified atom stereocenters. The number of carbonyl (C=O) groups is 1. The Hall–Kier alpha value is -3.99. The summed E-state index contributed by atoms with van der Waals surface area (Å²) >= 11 is 0. The van der Waals surface area contributed by atoms with E-state index in [1.165, 1.54) is 24.3 Å². The Kier molecular flexibility index (Phi) is 8.14. The van der Waals surface area contributed by atoms with E-state index in [9.17, 15) is 22.4 Å². The van der Waals surface area contributed by atoms with E-state index in [0.29, 0.717) is 24.5 Å². The Bertz CT molecular complexity index is 1200. The molecule has 0 saturated heterocycles. The fraction of sp³-hybridized carbons (Fsp3) is 0.192. The van der Waals surface area contributed by atoms with Crippen molar-refractivity contribution in [2.24, 2.45) is 0 Å². The third-order valence-electron chi connectivity index (χ3n) is 4.47. The van der Waals surface area contributed by atoms with Gasteiger partial charge in [-0.25, -0.2) is 13.6 Å². The average Bonchev–Trinajstić information content (AvgIpc) is 2.84. The summed E-state index contributed by atoms with van der Waals surface area (Å²) in [6.07, 6.45) is 0.396. The maximum Gasteiger partial charge on any atom is 0.343 e. The van der Waals surface area contributed by atoms with Crippen LogP contribution in [0.3, 0.4) is 0 Å². The van der Waals surface area contributed by atoms with E-state index in [0.717, 1.165) is 0 Å². The number of benzene rings is 3. The number of carbonyl (C=O) groups excluding carboxylic acids is 1. The van der Waals surface area contributed by atoms with Gasteiger partial charge in [-0.15, -0.1) is 0 Å². The van der Waals surface area contributed by atoms with Gasteiger partial charge in [-0.3, -0.25) is 0 Å². The van der Waals surface area contributed by atoms with E-state index in [2.05, 4.69) is 11.8 Å². The van der Waals surface area contributed by atoms with Crippen LogP contribution in [0, 0.1) is 35.1 Å². The zero-order chi connectivity index (χ0) is 24.7. The molecular weight excluding hydrogens is 452 g/mol. The molecule has 0 atom stereocenters. The van der Waals surface area contributed by atoms with Gasteiger partial charge in [0.2, 0.25) is 11.6 Å². The highest BCUT2D eigenvalue weighted by Gasteiger charge is 2.25. The molecule has 0 saturated carbocycles. The number of hydrogen-bond acceptors (Lipinski definition) is 4. The van der Waals surface area contributed by atoms with Gasteiger partial charge in [0.25, 0.3) is 0 Å². The molecule has 8 heteroatoms. The highest BCUT2D eigenvalue weighted by atomic mass is 19.2. The lowest BCUT2D eigenvalue weighted by Gasteiger charge is -2.10. The summed E-state index contributed by atoms with van der Waals surface area (Å²) in [6, 6.07) is 12.1. The largest absolute Gasteiger partial charge is 0.494 e. The monoisotopic (exact) mass is 472 g/mol. The molecule has 4 nitrogen and oxygen atoms in total. The molecule has 0 aliphatic rings. The van der Waals surface area contributed by atoms with E-state index in [1.54, 1.807) is 31.2 Å². The van der Waals surface area contributed by atoms with Crippen LogP contribution in [-0.2, 0) is 0 Å². The van der Waals surface area contributed by atoms with Gasteiger partial charge in [0.15, 0.2) is 17.4 Å². The predicted molar refractivity (Wildman–Crippen MR) is 117 cm³/mol. The highest BCUT2D eigenvalue weighted by molar-refractivity contribution is 5.91. The molecule has 0 spiro atoms. The van der Waals surface area contributed by atoms with Crippen molar-refractivity contribution in [3.05, 3.63) is 88.5 Å². The molecule has 3 aromatic rings. The van der Waals surface area contributed by atoms with Crippen molar-refractivity contribution in [3.63, 3.8) is 0 Å². The molecule has 176 valence electrons. The normalized spacial score (nSPS) is 10.3. The van der Waals surface area contributed by atoms with Crippen LogP contribution < -0.4 is 14.2 Å². The summed E-state index contributed by atoms with van der Waals surface area (Å²) < 4.78 is 72.0. The Morgan fingerprint density at radius 2 is 1.35 bits per heavy atom. The first kappa shape index (κ1) is 24.6. The summed E-state index contributed by atoms with van der Waals surface area (Å²) in [6.45, 7) is 3.93. The van der Waals surface area contributed by atoms with Gasteiger partial charge in [-0.2, -0.15) is 8.78 Å². The van der Waals surface area contributed by atoms with E-state index in [1.807, 2.05) is 6.92 Å². The molecule has 3 aromatic carbocycles. The number of rotatable bonds is 7. The van der Waals surface area contributed by atoms with Crippen LogP contribution in [0.15, 0.2) is 48.5 Å². The second-order valence-corrected chi connectivity index (χ2v) is 6.93. The third-order valence-corrected chi connectivity index (χ3v) is 4.47. The van der Waals surface area contributed by atoms with Gasteiger partial charge in [0.1, 0.15) is 17.1 Å². The Labute approximate surface area is 194 Å². The molecule has 34 heavy (non-hydrogen) atoms. The van der Waals surface area contributed by atoms with E-state index >= 15 is 0 Å². The summed E-state index contributed by atoms with van der Waals surface area (Å²) in [5.74, 6) is -2.85. The second-order valence-electron chi connectivity index (χ2n) is 6.93. The van der Waals surface area contributed by atoms with Gasteiger partial charge >= 0.3 is 5.97 Å². The molecule has 0 fully saturated rings. The van der Waals surface area contributed by atoms with Crippen molar-refractivity contribution >= 4 is 5.97 Å². The van der Waals surface area contributed by atoms with Crippen LogP contribution in [0.2, 0.25) is 0 Å².